The number of hydrogen-bond acceptors (Lipinski definition) is 7. The summed E-state index contributed by atoms with van der Waals surface area (Å²) >= 11 is 0. The van der Waals surface area contributed by atoms with Crippen LogP contribution in [0, 0.1) is 29.1 Å². The zero-order valence-corrected chi connectivity index (χ0v) is 22.5. The molecule has 1 unspecified atom stereocenters. The lowest BCUT2D eigenvalue weighted by molar-refractivity contribution is -0.171. The van der Waals surface area contributed by atoms with Crippen molar-refractivity contribution >= 4 is 17.7 Å². The van der Waals surface area contributed by atoms with Gasteiger partial charge in [0, 0.05) is 30.7 Å². The molecule has 204 valence electrons. The SMILES string of the molecule is CC(=O)O[C@@H]1[C@H]2O[C@H]2[C@@](C)(O)C(=O)[C@@H](C)C/C=C/[C@H]2[C@@H]3O[C@]3(C)[C@@H](C)C3[C@H](Cc4ccccc4)NC(=O)[C@@]312. The van der Waals surface area contributed by atoms with Crippen LogP contribution in [0.3, 0.4) is 0 Å². The molecule has 3 saturated heterocycles. The first-order valence-corrected chi connectivity index (χ1v) is 13.7. The fourth-order valence-corrected chi connectivity index (χ4v) is 8.06. The van der Waals surface area contributed by atoms with E-state index in [1.54, 1.807) is 6.92 Å². The molecule has 0 bridgehead atoms. The van der Waals surface area contributed by atoms with Crippen molar-refractivity contribution in [2.45, 2.75) is 89.1 Å². The van der Waals surface area contributed by atoms with Crippen molar-refractivity contribution < 1.29 is 33.7 Å². The Balaban J connectivity index is 1.52. The minimum absolute atomic E-state index is 0.0359. The molecule has 2 aliphatic carbocycles. The average Bonchev–Trinajstić information content (AvgIpc) is 3.77. The number of hydrogen-bond donors (Lipinski definition) is 2. The second-order valence-electron chi connectivity index (χ2n) is 12.4. The van der Waals surface area contributed by atoms with Gasteiger partial charge in [0.1, 0.15) is 29.3 Å². The molecular weight excluding hydrogens is 486 g/mol. The van der Waals surface area contributed by atoms with Crippen LogP contribution in [0.5, 0.6) is 0 Å². The molecule has 12 atom stereocenters. The molecule has 4 fully saturated rings. The summed E-state index contributed by atoms with van der Waals surface area (Å²) in [5.74, 6) is -2.18. The van der Waals surface area contributed by atoms with Crippen molar-refractivity contribution in [3.05, 3.63) is 48.0 Å². The van der Waals surface area contributed by atoms with Crippen LogP contribution >= 0.6 is 0 Å². The number of carbonyl (C=O) groups is 3. The highest BCUT2D eigenvalue weighted by Crippen LogP contribution is 2.68. The number of carbonyl (C=O) groups excluding carboxylic acids is 3. The van der Waals surface area contributed by atoms with Gasteiger partial charge >= 0.3 is 5.97 Å². The van der Waals surface area contributed by atoms with Crippen molar-refractivity contribution in [2.75, 3.05) is 0 Å². The van der Waals surface area contributed by atoms with Gasteiger partial charge in [-0.3, -0.25) is 14.4 Å². The molecule has 6 rings (SSSR count). The van der Waals surface area contributed by atoms with Gasteiger partial charge in [0.15, 0.2) is 5.78 Å². The summed E-state index contributed by atoms with van der Waals surface area (Å²) in [7, 11) is 0. The zero-order chi connectivity index (χ0) is 27.2. The van der Waals surface area contributed by atoms with Crippen molar-refractivity contribution in [2.24, 2.45) is 29.1 Å². The van der Waals surface area contributed by atoms with Crippen molar-refractivity contribution in [3.8, 4) is 0 Å². The van der Waals surface area contributed by atoms with Gasteiger partial charge in [-0.2, -0.15) is 0 Å². The monoisotopic (exact) mass is 523 g/mol. The molecule has 1 aromatic carbocycles. The van der Waals surface area contributed by atoms with Gasteiger partial charge in [0.25, 0.3) is 0 Å². The molecule has 2 N–H and O–H groups in total. The summed E-state index contributed by atoms with van der Waals surface area (Å²) < 4.78 is 18.4. The number of allylic oxidation sites excluding steroid dienone is 1. The van der Waals surface area contributed by atoms with Gasteiger partial charge in [-0.1, -0.05) is 56.3 Å². The van der Waals surface area contributed by atoms with Crippen LogP contribution in [0.15, 0.2) is 42.5 Å². The van der Waals surface area contributed by atoms with E-state index in [1.807, 2.05) is 42.5 Å². The number of ether oxygens (including phenoxy) is 3. The van der Waals surface area contributed by atoms with E-state index < -0.39 is 52.7 Å². The first-order chi connectivity index (χ1) is 17.9. The molecule has 1 spiro atoms. The fraction of sp³-hybridized carbons (Fsp3) is 0.633. The summed E-state index contributed by atoms with van der Waals surface area (Å²) in [5.41, 5.74) is -2.29. The Bertz CT molecular complexity index is 1200. The Morgan fingerprint density at radius 2 is 1.87 bits per heavy atom. The van der Waals surface area contributed by atoms with Crippen molar-refractivity contribution in [1.82, 2.24) is 5.32 Å². The lowest BCUT2D eigenvalue weighted by atomic mass is 9.50. The van der Waals surface area contributed by atoms with E-state index in [2.05, 4.69) is 19.2 Å². The summed E-state index contributed by atoms with van der Waals surface area (Å²) in [6, 6.07) is 9.80. The number of Topliss-reactive ketones (excluding diaryl/α,β-unsaturated/α-hetero) is 1. The largest absolute Gasteiger partial charge is 0.458 e. The second-order valence-corrected chi connectivity index (χ2v) is 12.4. The lowest BCUT2D eigenvalue weighted by Crippen LogP contribution is -2.62. The molecule has 8 heteroatoms. The maximum Gasteiger partial charge on any atom is 0.303 e. The highest BCUT2D eigenvalue weighted by atomic mass is 16.6. The highest BCUT2D eigenvalue weighted by molar-refractivity contribution is 5.91. The Hall–Kier alpha value is -2.55. The van der Waals surface area contributed by atoms with Crippen molar-refractivity contribution in [3.63, 3.8) is 0 Å². The molecule has 0 aromatic heterocycles. The number of epoxide rings is 2. The Morgan fingerprint density at radius 1 is 1.16 bits per heavy atom. The predicted molar refractivity (Wildman–Crippen MR) is 137 cm³/mol. The summed E-state index contributed by atoms with van der Waals surface area (Å²) in [6.07, 6.45) is 2.06. The van der Waals surface area contributed by atoms with Gasteiger partial charge in [0.05, 0.1) is 11.7 Å². The first kappa shape index (κ1) is 25.7. The smallest absolute Gasteiger partial charge is 0.303 e. The quantitative estimate of drug-likeness (QED) is 0.355. The molecule has 1 saturated carbocycles. The molecular formula is C30H37NO7. The number of ketones is 1. The van der Waals surface area contributed by atoms with Crippen LogP contribution in [0.25, 0.3) is 0 Å². The van der Waals surface area contributed by atoms with Crippen LogP contribution in [-0.2, 0) is 35.0 Å². The topological polar surface area (TPSA) is 118 Å². The first-order valence-electron chi connectivity index (χ1n) is 13.7. The van der Waals surface area contributed by atoms with E-state index in [0.717, 1.165) is 5.56 Å². The van der Waals surface area contributed by atoms with Gasteiger partial charge in [-0.15, -0.1) is 0 Å². The zero-order valence-electron chi connectivity index (χ0n) is 22.5. The van der Waals surface area contributed by atoms with Crippen LogP contribution in [0.1, 0.15) is 46.6 Å². The van der Waals surface area contributed by atoms with Gasteiger partial charge in [-0.25, -0.2) is 0 Å². The highest BCUT2D eigenvalue weighted by Gasteiger charge is 2.81. The molecule has 3 aliphatic heterocycles. The minimum atomic E-state index is -1.77. The molecule has 0 radical (unpaired) electrons. The predicted octanol–water partition coefficient (Wildman–Crippen LogP) is 2.37. The van der Waals surface area contributed by atoms with E-state index in [-0.39, 0.29) is 35.7 Å². The Kier molecular flexibility index (Phi) is 5.73. The Morgan fingerprint density at radius 3 is 2.55 bits per heavy atom. The normalized spacial score (nSPS) is 49.8. The molecule has 38 heavy (non-hydrogen) atoms. The van der Waals surface area contributed by atoms with Crippen LogP contribution in [0.4, 0.5) is 0 Å². The number of nitrogens with one attached hydrogen (secondary N) is 1. The third-order valence-electron chi connectivity index (χ3n) is 10.1. The standard InChI is InChI=1S/C30H37NO7/c1-15-10-9-13-19-24-29(5,38-24)16(2)21-20(14-18-11-7-6-8-12-18)31-27(34)30(19,21)26(36-17(3)32)22-25(37-22)28(4,35)23(15)33/h6-9,11-13,15-16,19-22,24-26,35H,10,14H2,1-5H3,(H,31,34)/b13-9+/t15-,16-,19-,20-,21?,22-,24-,25+,26+,28-,29+,30-/m0/s1. The van der Waals surface area contributed by atoms with E-state index in [4.69, 9.17) is 14.2 Å². The van der Waals surface area contributed by atoms with Gasteiger partial charge < -0.3 is 24.6 Å². The number of benzene rings is 1. The molecule has 1 aromatic rings. The lowest BCUT2D eigenvalue weighted by Gasteiger charge is -2.49. The maximum atomic E-state index is 14.4. The number of amides is 1. The molecule has 1 amide bonds. The number of esters is 1. The van der Waals surface area contributed by atoms with Crippen molar-refractivity contribution in [1.29, 1.82) is 0 Å². The molecule has 3 heterocycles. The van der Waals surface area contributed by atoms with E-state index >= 15 is 0 Å². The fourth-order valence-electron chi connectivity index (χ4n) is 8.06. The van der Waals surface area contributed by atoms with Crippen LogP contribution in [-0.4, -0.2) is 64.4 Å². The van der Waals surface area contributed by atoms with Gasteiger partial charge in [-0.05, 0) is 38.2 Å². The summed E-state index contributed by atoms with van der Waals surface area (Å²) in [4.78, 5) is 40.2. The van der Waals surface area contributed by atoms with E-state index in [0.29, 0.717) is 12.8 Å². The average molecular weight is 524 g/mol. The Labute approximate surface area is 223 Å². The van der Waals surface area contributed by atoms with E-state index in [1.165, 1.54) is 13.8 Å². The molecule has 8 nitrogen and oxygen atoms in total. The summed E-state index contributed by atoms with van der Waals surface area (Å²) in [6.45, 7) is 8.79. The maximum absolute atomic E-state index is 14.4. The number of fused-ring (bicyclic) bond motifs is 3. The van der Waals surface area contributed by atoms with Crippen LogP contribution < -0.4 is 5.32 Å². The second kappa shape index (κ2) is 8.47. The minimum Gasteiger partial charge on any atom is -0.458 e. The third-order valence-corrected chi connectivity index (χ3v) is 10.1. The van der Waals surface area contributed by atoms with Crippen LogP contribution in [0.2, 0.25) is 0 Å². The van der Waals surface area contributed by atoms with E-state index in [9.17, 15) is 19.5 Å². The third kappa shape index (κ3) is 3.49. The summed E-state index contributed by atoms with van der Waals surface area (Å²) in [5, 5.41) is 14.6. The molecule has 5 aliphatic rings. The van der Waals surface area contributed by atoms with Gasteiger partial charge in [0.2, 0.25) is 5.91 Å². The number of rotatable bonds is 3. The number of aliphatic hydroxyl groups is 1.